The zero-order valence-corrected chi connectivity index (χ0v) is 20.2. The van der Waals surface area contributed by atoms with Crippen molar-refractivity contribution in [3.8, 4) is 22.6 Å². The number of rotatable bonds is 4. The number of hydrogen-bond acceptors (Lipinski definition) is 6. The summed E-state index contributed by atoms with van der Waals surface area (Å²) in [4.78, 5) is 33.9. The predicted molar refractivity (Wildman–Crippen MR) is 135 cm³/mol. The van der Waals surface area contributed by atoms with Gasteiger partial charge in [-0.2, -0.15) is 0 Å². The molecule has 0 unspecified atom stereocenters. The topological polar surface area (TPSA) is 73.7 Å². The summed E-state index contributed by atoms with van der Waals surface area (Å²) in [6.07, 6.45) is 3.28. The molecule has 178 valence electrons. The second-order valence-electron chi connectivity index (χ2n) is 9.02. The van der Waals surface area contributed by atoms with Gasteiger partial charge >= 0.3 is 0 Å². The number of thiophene rings is 1. The van der Waals surface area contributed by atoms with Crippen LogP contribution in [0.15, 0.2) is 59.0 Å². The summed E-state index contributed by atoms with van der Waals surface area (Å²) in [5.74, 6) is 1.37. The molecule has 0 bridgehead atoms. The van der Waals surface area contributed by atoms with E-state index in [1.54, 1.807) is 0 Å². The number of carbonyl (C=O) groups is 1. The maximum Gasteiger partial charge on any atom is 0.263 e. The largest absolute Gasteiger partial charge is 0.486 e. The van der Waals surface area contributed by atoms with Crippen LogP contribution < -0.4 is 15.0 Å². The fourth-order valence-electron chi connectivity index (χ4n) is 4.94. The zero-order valence-electron chi connectivity index (χ0n) is 19.4. The Morgan fingerprint density at radius 2 is 1.91 bits per heavy atom. The quantitative estimate of drug-likeness (QED) is 0.422. The smallest absolute Gasteiger partial charge is 0.263 e. The second kappa shape index (κ2) is 8.85. The van der Waals surface area contributed by atoms with Crippen LogP contribution in [0.25, 0.3) is 21.3 Å². The first-order chi connectivity index (χ1) is 17.1. The first kappa shape index (κ1) is 21.9. The maximum atomic E-state index is 13.4. The molecule has 8 heteroatoms. The van der Waals surface area contributed by atoms with Crippen LogP contribution in [-0.4, -0.2) is 40.1 Å². The molecule has 4 aromatic rings. The molecule has 2 aliphatic rings. The van der Waals surface area contributed by atoms with Crippen molar-refractivity contribution < 1.29 is 14.3 Å². The van der Waals surface area contributed by atoms with Gasteiger partial charge in [0.05, 0.1) is 17.8 Å². The molecule has 4 heterocycles. The number of nitrogens with zero attached hydrogens (tertiary/aromatic N) is 3. The van der Waals surface area contributed by atoms with Gasteiger partial charge in [0.25, 0.3) is 5.56 Å². The summed E-state index contributed by atoms with van der Waals surface area (Å²) in [7, 11) is 0. The molecule has 0 aliphatic carbocycles. The van der Waals surface area contributed by atoms with Gasteiger partial charge in [0, 0.05) is 17.5 Å². The van der Waals surface area contributed by atoms with Gasteiger partial charge in [-0.25, -0.2) is 4.98 Å². The van der Waals surface area contributed by atoms with Gasteiger partial charge in [-0.3, -0.25) is 14.2 Å². The Labute approximate surface area is 206 Å². The number of likely N-dealkylation sites (tertiary alicyclic amines) is 1. The van der Waals surface area contributed by atoms with E-state index in [1.807, 2.05) is 59.7 Å². The van der Waals surface area contributed by atoms with Crippen LogP contribution in [0.4, 0.5) is 0 Å². The standard InChI is InChI=1S/C27H25N3O4S/c1-17-4-6-18(7-5-17)20-15-35-26-25(20)27(32)29(16-28-26)14-24(31)30-10-2-3-21(30)19-8-9-22-23(13-19)34-12-11-33-22/h4-9,13,15-16,21H,2-3,10-12,14H2,1H3/t21-/m0/s1. The van der Waals surface area contributed by atoms with Gasteiger partial charge in [-0.05, 0) is 43.0 Å². The summed E-state index contributed by atoms with van der Waals surface area (Å²) < 4.78 is 12.8. The fourth-order valence-corrected chi connectivity index (χ4v) is 5.85. The Kier molecular flexibility index (Phi) is 5.53. The highest BCUT2D eigenvalue weighted by molar-refractivity contribution is 7.17. The van der Waals surface area contributed by atoms with Crippen molar-refractivity contribution in [3.05, 3.63) is 75.7 Å². The minimum atomic E-state index is -0.185. The van der Waals surface area contributed by atoms with Gasteiger partial charge in [0.2, 0.25) is 5.91 Å². The number of benzene rings is 2. The minimum absolute atomic E-state index is 0.0357. The molecule has 2 aromatic heterocycles. The van der Waals surface area contributed by atoms with Crippen molar-refractivity contribution in [2.24, 2.45) is 0 Å². The average Bonchev–Trinajstić information content (AvgIpc) is 3.54. The van der Waals surface area contributed by atoms with E-state index >= 15 is 0 Å². The molecule has 1 saturated heterocycles. The summed E-state index contributed by atoms with van der Waals surface area (Å²) in [6.45, 7) is 3.73. The third-order valence-electron chi connectivity index (χ3n) is 6.75. The Morgan fingerprint density at radius 1 is 1.11 bits per heavy atom. The highest BCUT2D eigenvalue weighted by Crippen LogP contribution is 2.38. The lowest BCUT2D eigenvalue weighted by atomic mass is 10.0. The molecular formula is C27H25N3O4S. The van der Waals surface area contributed by atoms with E-state index in [0.29, 0.717) is 30.0 Å². The predicted octanol–water partition coefficient (Wildman–Crippen LogP) is 4.57. The zero-order chi connectivity index (χ0) is 23.9. The molecule has 1 fully saturated rings. The van der Waals surface area contributed by atoms with Gasteiger partial charge in [0.15, 0.2) is 11.5 Å². The van der Waals surface area contributed by atoms with Crippen LogP contribution in [0.5, 0.6) is 11.5 Å². The minimum Gasteiger partial charge on any atom is -0.486 e. The summed E-state index contributed by atoms with van der Waals surface area (Å²) in [5, 5.41) is 2.54. The van der Waals surface area contributed by atoms with Gasteiger partial charge in [-0.15, -0.1) is 11.3 Å². The maximum absolute atomic E-state index is 13.4. The lowest BCUT2D eigenvalue weighted by Gasteiger charge is -2.27. The van der Waals surface area contributed by atoms with Crippen LogP contribution >= 0.6 is 11.3 Å². The Balaban J connectivity index is 1.28. The molecule has 0 spiro atoms. The summed E-state index contributed by atoms with van der Waals surface area (Å²) in [6, 6.07) is 13.9. The number of hydrogen-bond donors (Lipinski definition) is 0. The monoisotopic (exact) mass is 487 g/mol. The second-order valence-corrected chi connectivity index (χ2v) is 9.88. The molecule has 1 atom stereocenters. The molecule has 0 radical (unpaired) electrons. The molecule has 7 nitrogen and oxygen atoms in total. The van der Waals surface area contributed by atoms with Crippen molar-refractivity contribution in [1.82, 2.24) is 14.5 Å². The number of ether oxygens (including phenoxy) is 2. The van der Waals surface area contributed by atoms with Gasteiger partial charge < -0.3 is 14.4 Å². The van der Waals surface area contributed by atoms with Crippen LogP contribution in [0.2, 0.25) is 0 Å². The van der Waals surface area contributed by atoms with E-state index < -0.39 is 0 Å². The number of aromatic nitrogens is 2. The van der Waals surface area contributed by atoms with E-state index in [1.165, 1.54) is 22.2 Å². The summed E-state index contributed by atoms with van der Waals surface area (Å²) >= 11 is 1.45. The average molecular weight is 488 g/mol. The van der Waals surface area contributed by atoms with E-state index in [9.17, 15) is 9.59 Å². The number of carbonyl (C=O) groups excluding carboxylic acids is 1. The molecule has 6 rings (SSSR count). The van der Waals surface area contributed by atoms with Crippen molar-refractivity contribution in [2.45, 2.75) is 32.4 Å². The van der Waals surface area contributed by atoms with Crippen LogP contribution in [-0.2, 0) is 11.3 Å². The lowest BCUT2D eigenvalue weighted by Crippen LogP contribution is -2.36. The Morgan fingerprint density at radius 3 is 2.74 bits per heavy atom. The van der Waals surface area contributed by atoms with E-state index in [-0.39, 0.29) is 24.1 Å². The fraction of sp³-hybridized carbons (Fsp3) is 0.296. The number of amides is 1. The molecule has 0 saturated carbocycles. The number of aryl methyl sites for hydroxylation is 1. The first-order valence-electron chi connectivity index (χ1n) is 11.8. The Bertz CT molecular complexity index is 1470. The normalized spacial score (nSPS) is 17.2. The molecular weight excluding hydrogens is 462 g/mol. The SMILES string of the molecule is Cc1ccc(-c2csc3ncn(CC(=O)N4CCC[C@H]4c4ccc5c(c4)OCCO5)c(=O)c23)cc1. The summed E-state index contributed by atoms with van der Waals surface area (Å²) in [5.41, 5.74) is 3.84. The van der Waals surface area contributed by atoms with Crippen LogP contribution in [0, 0.1) is 6.92 Å². The van der Waals surface area contributed by atoms with Crippen molar-refractivity contribution >= 4 is 27.5 Å². The van der Waals surface area contributed by atoms with Crippen molar-refractivity contribution in [1.29, 1.82) is 0 Å². The highest BCUT2D eigenvalue weighted by atomic mass is 32.1. The third kappa shape index (κ3) is 3.97. The number of fused-ring (bicyclic) bond motifs is 2. The van der Waals surface area contributed by atoms with Gasteiger partial charge in [-0.1, -0.05) is 35.9 Å². The Hall–Kier alpha value is -3.65. The first-order valence-corrected chi connectivity index (χ1v) is 12.7. The molecule has 2 aromatic carbocycles. The lowest BCUT2D eigenvalue weighted by molar-refractivity contribution is -0.132. The van der Waals surface area contributed by atoms with Crippen LogP contribution in [0.1, 0.15) is 30.0 Å². The molecule has 0 N–H and O–H groups in total. The van der Waals surface area contributed by atoms with Crippen molar-refractivity contribution in [2.75, 3.05) is 19.8 Å². The van der Waals surface area contributed by atoms with Crippen molar-refractivity contribution in [3.63, 3.8) is 0 Å². The van der Waals surface area contributed by atoms with Gasteiger partial charge in [0.1, 0.15) is 24.6 Å². The van der Waals surface area contributed by atoms with Crippen LogP contribution in [0.3, 0.4) is 0 Å². The third-order valence-corrected chi connectivity index (χ3v) is 7.64. The van der Waals surface area contributed by atoms with E-state index in [0.717, 1.165) is 46.6 Å². The van der Waals surface area contributed by atoms with E-state index in [4.69, 9.17) is 9.47 Å². The molecule has 2 aliphatic heterocycles. The molecule has 1 amide bonds. The highest BCUT2D eigenvalue weighted by Gasteiger charge is 2.31. The van der Waals surface area contributed by atoms with E-state index in [2.05, 4.69) is 4.98 Å². The molecule has 35 heavy (non-hydrogen) atoms.